The standard InChI is InChI=1S/C13H28/c1-5-7-8-9-10-13(6-2)11-12(3)4/h12-13H,5-11H2,1-4H3. The summed E-state index contributed by atoms with van der Waals surface area (Å²) in [6, 6.07) is 0. The molecule has 0 saturated heterocycles. The average Bonchev–Trinajstić information content (AvgIpc) is 2.09. The van der Waals surface area contributed by atoms with Crippen molar-refractivity contribution in [3.8, 4) is 0 Å². The second-order valence-electron chi connectivity index (χ2n) is 4.75. The lowest BCUT2D eigenvalue weighted by Gasteiger charge is -2.16. The maximum absolute atomic E-state index is 2.34. The minimum atomic E-state index is 0.885. The summed E-state index contributed by atoms with van der Waals surface area (Å²) in [6.45, 7) is 9.31. The Hall–Kier alpha value is 0. The molecule has 0 nitrogen and oxygen atoms in total. The van der Waals surface area contributed by atoms with E-state index in [0.717, 1.165) is 11.8 Å². The molecule has 0 aliphatic carbocycles. The van der Waals surface area contributed by atoms with Gasteiger partial charge in [0.05, 0.1) is 0 Å². The highest BCUT2D eigenvalue weighted by Crippen LogP contribution is 2.21. The third-order valence-electron chi connectivity index (χ3n) is 2.85. The van der Waals surface area contributed by atoms with Gasteiger partial charge in [0, 0.05) is 0 Å². The van der Waals surface area contributed by atoms with Crippen LogP contribution in [0.5, 0.6) is 0 Å². The van der Waals surface area contributed by atoms with Crippen LogP contribution in [0.1, 0.15) is 72.6 Å². The zero-order valence-electron chi connectivity index (χ0n) is 10.1. The van der Waals surface area contributed by atoms with Crippen molar-refractivity contribution in [1.29, 1.82) is 0 Å². The molecular weight excluding hydrogens is 156 g/mol. The Morgan fingerprint density at radius 3 is 2.08 bits per heavy atom. The highest BCUT2D eigenvalue weighted by atomic mass is 14.1. The molecule has 13 heavy (non-hydrogen) atoms. The summed E-state index contributed by atoms with van der Waals surface area (Å²) >= 11 is 0. The quantitative estimate of drug-likeness (QED) is 0.464. The predicted octanol–water partition coefficient (Wildman–Crippen LogP) is 5.03. The van der Waals surface area contributed by atoms with Crippen LogP contribution in [-0.4, -0.2) is 0 Å². The summed E-state index contributed by atoms with van der Waals surface area (Å²) in [7, 11) is 0. The zero-order valence-corrected chi connectivity index (χ0v) is 10.1. The van der Waals surface area contributed by atoms with Crippen LogP contribution >= 0.6 is 0 Å². The Morgan fingerprint density at radius 1 is 0.923 bits per heavy atom. The smallest absolute Gasteiger partial charge is 0.0414 e. The van der Waals surface area contributed by atoms with E-state index in [9.17, 15) is 0 Å². The van der Waals surface area contributed by atoms with Crippen molar-refractivity contribution in [2.24, 2.45) is 11.8 Å². The number of unbranched alkanes of at least 4 members (excludes halogenated alkanes) is 3. The van der Waals surface area contributed by atoms with E-state index in [0.29, 0.717) is 0 Å². The number of hydrogen-bond acceptors (Lipinski definition) is 0. The monoisotopic (exact) mass is 184 g/mol. The van der Waals surface area contributed by atoms with E-state index in [2.05, 4.69) is 27.7 Å². The van der Waals surface area contributed by atoms with Crippen molar-refractivity contribution in [2.75, 3.05) is 0 Å². The third-order valence-corrected chi connectivity index (χ3v) is 2.85. The van der Waals surface area contributed by atoms with Crippen LogP contribution in [0.4, 0.5) is 0 Å². The van der Waals surface area contributed by atoms with E-state index >= 15 is 0 Å². The summed E-state index contributed by atoms with van der Waals surface area (Å²) in [5.74, 6) is 1.88. The van der Waals surface area contributed by atoms with Crippen LogP contribution in [0.2, 0.25) is 0 Å². The maximum Gasteiger partial charge on any atom is -0.0414 e. The van der Waals surface area contributed by atoms with E-state index in [1.165, 1.54) is 44.9 Å². The van der Waals surface area contributed by atoms with Gasteiger partial charge in [-0.05, 0) is 18.3 Å². The van der Waals surface area contributed by atoms with Crippen molar-refractivity contribution >= 4 is 0 Å². The molecule has 1 unspecified atom stereocenters. The highest BCUT2D eigenvalue weighted by Gasteiger charge is 2.07. The van der Waals surface area contributed by atoms with Crippen molar-refractivity contribution in [3.05, 3.63) is 0 Å². The average molecular weight is 184 g/mol. The molecule has 0 N–H and O–H groups in total. The van der Waals surface area contributed by atoms with Crippen LogP contribution in [0.25, 0.3) is 0 Å². The Labute approximate surface area is 85.1 Å². The van der Waals surface area contributed by atoms with Gasteiger partial charge in [-0.1, -0.05) is 66.2 Å². The van der Waals surface area contributed by atoms with Crippen LogP contribution in [0.15, 0.2) is 0 Å². The number of hydrogen-bond donors (Lipinski definition) is 0. The fourth-order valence-corrected chi connectivity index (χ4v) is 2.02. The fraction of sp³-hybridized carbons (Fsp3) is 1.00. The highest BCUT2D eigenvalue weighted by molar-refractivity contribution is 4.60. The van der Waals surface area contributed by atoms with E-state index < -0.39 is 0 Å². The van der Waals surface area contributed by atoms with Crippen molar-refractivity contribution < 1.29 is 0 Å². The van der Waals surface area contributed by atoms with Crippen LogP contribution in [0, 0.1) is 11.8 Å². The van der Waals surface area contributed by atoms with Gasteiger partial charge >= 0.3 is 0 Å². The minimum absolute atomic E-state index is 0.885. The van der Waals surface area contributed by atoms with Crippen molar-refractivity contribution in [3.63, 3.8) is 0 Å². The van der Waals surface area contributed by atoms with Gasteiger partial charge in [0.2, 0.25) is 0 Å². The Balaban J connectivity index is 3.36. The van der Waals surface area contributed by atoms with Crippen LogP contribution < -0.4 is 0 Å². The Morgan fingerprint density at radius 2 is 1.62 bits per heavy atom. The third kappa shape index (κ3) is 8.33. The van der Waals surface area contributed by atoms with Gasteiger partial charge in [0.15, 0.2) is 0 Å². The Bertz CT molecular complexity index is 94.2. The SMILES string of the molecule is CCCCCCC(CC)CC(C)C. The van der Waals surface area contributed by atoms with E-state index in [4.69, 9.17) is 0 Å². The predicted molar refractivity (Wildman–Crippen MR) is 62.0 cm³/mol. The molecule has 0 saturated carbocycles. The molecule has 0 amide bonds. The molecule has 0 radical (unpaired) electrons. The Kier molecular flexibility index (Phi) is 8.59. The van der Waals surface area contributed by atoms with E-state index in [1.807, 2.05) is 0 Å². The lowest BCUT2D eigenvalue weighted by atomic mass is 9.90. The fourth-order valence-electron chi connectivity index (χ4n) is 2.02. The first-order valence-electron chi connectivity index (χ1n) is 6.20. The van der Waals surface area contributed by atoms with Gasteiger partial charge < -0.3 is 0 Å². The molecule has 0 aromatic heterocycles. The molecule has 80 valence electrons. The first-order chi connectivity index (χ1) is 6.20. The topological polar surface area (TPSA) is 0 Å². The van der Waals surface area contributed by atoms with Gasteiger partial charge in [-0.2, -0.15) is 0 Å². The second-order valence-corrected chi connectivity index (χ2v) is 4.75. The molecule has 1 atom stereocenters. The molecule has 0 fully saturated rings. The molecule has 0 heteroatoms. The van der Waals surface area contributed by atoms with Gasteiger partial charge in [-0.3, -0.25) is 0 Å². The molecular formula is C13H28. The largest absolute Gasteiger partial charge is 0.0654 e. The molecule has 0 rings (SSSR count). The van der Waals surface area contributed by atoms with Gasteiger partial charge in [-0.15, -0.1) is 0 Å². The normalized spacial score (nSPS) is 13.6. The van der Waals surface area contributed by atoms with Crippen molar-refractivity contribution in [2.45, 2.75) is 72.6 Å². The van der Waals surface area contributed by atoms with Gasteiger partial charge in [-0.25, -0.2) is 0 Å². The summed E-state index contributed by atoms with van der Waals surface area (Å²) in [5, 5.41) is 0. The lowest BCUT2D eigenvalue weighted by Crippen LogP contribution is -2.03. The first kappa shape index (κ1) is 13.0. The second kappa shape index (κ2) is 8.59. The van der Waals surface area contributed by atoms with E-state index in [-0.39, 0.29) is 0 Å². The minimum Gasteiger partial charge on any atom is -0.0654 e. The molecule has 0 spiro atoms. The molecule has 0 aromatic carbocycles. The summed E-state index contributed by atoms with van der Waals surface area (Å²) in [6.07, 6.45) is 9.98. The lowest BCUT2D eigenvalue weighted by molar-refractivity contribution is 0.362. The van der Waals surface area contributed by atoms with Crippen LogP contribution in [0.3, 0.4) is 0 Å². The summed E-state index contributed by atoms with van der Waals surface area (Å²) < 4.78 is 0. The molecule has 0 aromatic rings. The van der Waals surface area contributed by atoms with Gasteiger partial charge in [0.25, 0.3) is 0 Å². The molecule has 0 heterocycles. The maximum atomic E-state index is 2.34. The zero-order chi connectivity index (χ0) is 10.1. The van der Waals surface area contributed by atoms with Crippen molar-refractivity contribution in [1.82, 2.24) is 0 Å². The van der Waals surface area contributed by atoms with Gasteiger partial charge in [0.1, 0.15) is 0 Å². The summed E-state index contributed by atoms with van der Waals surface area (Å²) in [5.41, 5.74) is 0. The molecule has 0 bridgehead atoms. The summed E-state index contributed by atoms with van der Waals surface area (Å²) in [4.78, 5) is 0. The first-order valence-corrected chi connectivity index (χ1v) is 6.20. The number of rotatable bonds is 8. The van der Waals surface area contributed by atoms with Crippen LogP contribution in [-0.2, 0) is 0 Å². The van der Waals surface area contributed by atoms with E-state index in [1.54, 1.807) is 0 Å². The molecule has 0 aliphatic heterocycles. The molecule has 0 aliphatic rings.